The molecule has 0 bridgehead atoms. The molecule has 0 atom stereocenters. The molecule has 0 aromatic rings. The molecular weight excluding hydrogens is 156 g/mol. The van der Waals surface area contributed by atoms with Crippen LogP contribution in [-0.4, -0.2) is 0 Å². The van der Waals surface area contributed by atoms with Gasteiger partial charge in [-0.1, -0.05) is 56.4 Å². The average molecular weight is 180 g/mol. The Labute approximate surface area is 83.7 Å². The molecule has 0 heteroatoms. The summed E-state index contributed by atoms with van der Waals surface area (Å²) in [6.07, 6.45) is 14.6. The lowest BCUT2D eigenvalue weighted by molar-refractivity contribution is 0.630. The summed E-state index contributed by atoms with van der Waals surface area (Å²) in [5.41, 5.74) is 1.51. The molecule has 0 N–H and O–H groups in total. The molecule has 0 heterocycles. The Hall–Kier alpha value is -0.520. The van der Waals surface area contributed by atoms with E-state index >= 15 is 0 Å². The van der Waals surface area contributed by atoms with Gasteiger partial charge in [0.05, 0.1) is 0 Å². The summed E-state index contributed by atoms with van der Waals surface area (Å²) in [4.78, 5) is 0. The molecule has 0 aliphatic heterocycles. The standard InChI is InChI=1S/C13H24/c1-4-6-8-9-10-12-13(3)11-7-5-2/h5,7,11H,4,6,8-10,12H2,1-3H3/b7-5+,13-11+. The Morgan fingerprint density at radius 3 is 2.38 bits per heavy atom. The molecule has 0 nitrogen and oxygen atoms in total. The van der Waals surface area contributed by atoms with Gasteiger partial charge in [0, 0.05) is 0 Å². The van der Waals surface area contributed by atoms with Gasteiger partial charge in [-0.15, -0.1) is 0 Å². The van der Waals surface area contributed by atoms with E-state index in [2.05, 4.69) is 39.0 Å². The van der Waals surface area contributed by atoms with E-state index in [9.17, 15) is 0 Å². The van der Waals surface area contributed by atoms with Crippen molar-refractivity contribution in [3.05, 3.63) is 23.8 Å². The highest BCUT2D eigenvalue weighted by Crippen LogP contribution is 2.10. The molecule has 0 radical (unpaired) electrons. The molecule has 0 aromatic heterocycles. The van der Waals surface area contributed by atoms with Crippen LogP contribution < -0.4 is 0 Å². The quantitative estimate of drug-likeness (QED) is 0.387. The molecule has 0 amide bonds. The van der Waals surface area contributed by atoms with Gasteiger partial charge in [0.1, 0.15) is 0 Å². The van der Waals surface area contributed by atoms with Crippen molar-refractivity contribution in [3.63, 3.8) is 0 Å². The third-order valence-electron chi connectivity index (χ3n) is 2.25. The van der Waals surface area contributed by atoms with Crippen LogP contribution in [0.3, 0.4) is 0 Å². The Balaban J connectivity index is 3.31. The molecule has 0 saturated heterocycles. The van der Waals surface area contributed by atoms with Crippen LogP contribution in [0.15, 0.2) is 23.8 Å². The van der Waals surface area contributed by atoms with Crippen molar-refractivity contribution < 1.29 is 0 Å². The van der Waals surface area contributed by atoms with Gasteiger partial charge in [0.15, 0.2) is 0 Å². The number of allylic oxidation sites excluding steroid dienone is 4. The van der Waals surface area contributed by atoms with Crippen molar-refractivity contribution in [2.75, 3.05) is 0 Å². The van der Waals surface area contributed by atoms with Gasteiger partial charge in [-0.2, -0.15) is 0 Å². The summed E-state index contributed by atoms with van der Waals surface area (Å²) in [7, 11) is 0. The number of unbranched alkanes of at least 4 members (excludes halogenated alkanes) is 4. The van der Waals surface area contributed by atoms with Gasteiger partial charge in [-0.25, -0.2) is 0 Å². The van der Waals surface area contributed by atoms with Crippen molar-refractivity contribution in [2.45, 2.75) is 59.3 Å². The molecule has 0 saturated carbocycles. The van der Waals surface area contributed by atoms with Crippen LogP contribution in [0.1, 0.15) is 59.3 Å². The predicted octanol–water partition coefficient (Wildman–Crippen LogP) is 4.87. The Kier molecular flexibility index (Phi) is 9.18. The van der Waals surface area contributed by atoms with Crippen molar-refractivity contribution in [2.24, 2.45) is 0 Å². The minimum Gasteiger partial charge on any atom is -0.0877 e. The van der Waals surface area contributed by atoms with Gasteiger partial charge in [-0.05, 0) is 26.7 Å². The first-order chi connectivity index (χ1) is 6.31. The summed E-state index contributed by atoms with van der Waals surface area (Å²) in [5, 5.41) is 0. The van der Waals surface area contributed by atoms with Crippen LogP contribution in [0.5, 0.6) is 0 Å². The highest BCUT2D eigenvalue weighted by atomic mass is 14.0. The molecule has 0 aromatic carbocycles. The molecular formula is C13H24. The van der Waals surface area contributed by atoms with Gasteiger partial charge in [-0.3, -0.25) is 0 Å². The molecule has 0 aliphatic carbocycles. The second kappa shape index (κ2) is 9.57. The zero-order chi connectivity index (χ0) is 9.94. The smallest absolute Gasteiger partial charge is 0.0320 e. The predicted molar refractivity (Wildman–Crippen MR) is 61.9 cm³/mol. The average Bonchev–Trinajstić information content (AvgIpc) is 2.14. The van der Waals surface area contributed by atoms with Crippen molar-refractivity contribution in [3.8, 4) is 0 Å². The summed E-state index contributed by atoms with van der Waals surface area (Å²) in [5.74, 6) is 0. The largest absolute Gasteiger partial charge is 0.0877 e. The van der Waals surface area contributed by atoms with Crippen LogP contribution in [0.2, 0.25) is 0 Å². The highest BCUT2D eigenvalue weighted by Gasteiger charge is 1.90. The summed E-state index contributed by atoms with van der Waals surface area (Å²) in [6.45, 7) is 6.54. The topological polar surface area (TPSA) is 0 Å². The first-order valence-electron chi connectivity index (χ1n) is 5.59. The molecule has 76 valence electrons. The normalized spacial score (nSPS) is 12.7. The van der Waals surface area contributed by atoms with E-state index in [0.29, 0.717) is 0 Å². The highest BCUT2D eigenvalue weighted by molar-refractivity contribution is 5.09. The fourth-order valence-corrected chi connectivity index (χ4v) is 1.35. The van der Waals surface area contributed by atoms with E-state index in [4.69, 9.17) is 0 Å². The first-order valence-corrected chi connectivity index (χ1v) is 5.59. The SMILES string of the molecule is C/C=C/C=C(\C)CCCCCCC. The summed E-state index contributed by atoms with van der Waals surface area (Å²) in [6, 6.07) is 0. The molecule has 0 unspecified atom stereocenters. The summed E-state index contributed by atoms with van der Waals surface area (Å²) < 4.78 is 0. The first kappa shape index (κ1) is 12.5. The van der Waals surface area contributed by atoms with Crippen LogP contribution >= 0.6 is 0 Å². The lowest BCUT2D eigenvalue weighted by Crippen LogP contribution is -1.80. The second-order valence-electron chi connectivity index (χ2n) is 3.70. The van der Waals surface area contributed by atoms with E-state index in [1.165, 1.54) is 44.1 Å². The molecule has 0 spiro atoms. The van der Waals surface area contributed by atoms with Crippen LogP contribution in [-0.2, 0) is 0 Å². The zero-order valence-corrected chi connectivity index (χ0v) is 9.47. The minimum atomic E-state index is 1.27. The summed E-state index contributed by atoms with van der Waals surface area (Å²) >= 11 is 0. The minimum absolute atomic E-state index is 1.27. The van der Waals surface area contributed by atoms with E-state index in [0.717, 1.165) is 0 Å². The number of hydrogen-bond donors (Lipinski definition) is 0. The van der Waals surface area contributed by atoms with Crippen LogP contribution in [0.25, 0.3) is 0 Å². The molecule has 0 fully saturated rings. The van der Waals surface area contributed by atoms with E-state index < -0.39 is 0 Å². The van der Waals surface area contributed by atoms with Crippen molar-refractivity contribution in [1.82, 2.24) is 0 Å². The lowest BCUT2D eigenvalue weighted by Gasteiger charge is -2.00. The number of rotatable bonds is 7. The van der Waals surface area contributed by atoms with Gasteiger partial charge < -0.3 is 0 Å². The Morgan fingerprint density at radius 1 is 1.08 bits per heavy atom. The maximum atomic E-state index is 2.26. The number of hydrogen-bond acceptors (Lipinski definition) is 0. The Morgan fingerprint density at radius 2 is 1.77 bits per heavy atom. The van der Waals surface area contributed by atoms with Crippen LogP contribution in [0.4, 0.5) is 0 Å². The van der Waals surface area contributed by atoms with E-state index in [1.54, 1.807) is 0 Å². The van der Waals surface area contributed by atoms with Crippen LogP contribution in [0, 0.1) is 0 Å². The lowest BCUT2D eigenvalue weighted by atomic mass is 10.1. The fraction of sp³-hybridized carbons (Fsp3) is 0.692. The monoisotopic (exact) mass is 180 g/mol. The Bertz CT molecular complexity index is 151. The second-order valence-corrected chi connectivity index (χ2v) is 3.70. The molecule has 0 rings (SSSR count). The maximum absolute atomic E-state index is 2.26. The van der Waals surface area contributed by atoms with Gasteiger partial charge in [0.2, 0.25) is 0 Å². The van der Waals surface area contributed by atoms with E-state index in [-0.39, 0.29) is 0 Å². The third kappa shape index (κ3) is 9.39. The fourth-order valence-electron chi connectivity index (χ4n) is 1.35. The van der Waals surface area contributed by atoms with Gasteiger partial charge in [0.25, 0.3) is 0 Å². The van der Waals surface area contributed by atoms with Crippen molar-refractivity contribution in [1.29, 1.82) is 0 Å². The third-order valence-corrected chi connectivity index (χ3v) is 2.25. The van der Waals surface area contributed by atoms with Gasteiger partial charge >= 0.3 is 0 Å². The molecule has 0 aliphatic rings. The maximum Gasteiger partial charge on any atom is -0.0320 e. The van der Waals surface area contributed by atoms with E-state index in [1.807, 2.05) is 0 Å². The zero-order valence-electron chi connectivity index (χ0n) is 9.47. The van der Waals surface area contributed by atoms with Crippen molar-refractivity contribution >= 4 is 0 Å². The molecule has 13 heavy (non-hydrogen) atoms.